The van der Waals surface area contributed by atoms with Gasteiger partial charge < -0.3 is 5.73 Å². The van der Waals surface area contributed by atoms with E-state index in [-0.39, 0.29) is 5.78 Å². The van der Waals surface area contributed by atoms with Crippen LogP contribution < -0.4 is 5.73 Å². The van der Waals surface area contributed by atoms with Crippen molar-refractivity contribution >= 4 is 27.4 Å². The SMILES string of the molecule is CCCCCCCCCCC(=O)c1cc(Br)ccc1N. The van der Waals surface area contributed by atoms with E-state index in [4.69, 9.17) is 5.73 Å². The fraction of sp³-hybridized carbons (Fsp3) is 0.588. The van der Waals surface area contributed by atoms with Crippen molar-refractivity contribution in [2.45, 2.75) is 64.7 Å². The highest BCUT2D eigenvalue weighted by Gasteiger charge is 2.09. The average molecular weight is 340 g/mol. The number of halogens is 1. The molecular weight excluding hydrogens is 314 g/mol. The van der Waals surface area contributed by atoms with Crippen molar-refractivity contribution in [3.05, 3.63) is 28.2 Å². The van der Waals surface area contributed by atoms with Crippen LogP contribution in [-0.4, -0.2) is 5.78 Å². The molecule has 1 aromatic rings. The number of nitrogens with two attached hydrogens (primary N) is 1. The predicted octanol–water partition coefficient (Wildman–Crippen LogP) is 5.74. The molecule has 2 N–H and O–H groups in total. The van der Waals surface area contributed by atoms with Crippen molar-refractivity contribution in [3.8, 4) is 0 Å². The quantitative estimate of drug-likeness (QED) is 0.335. The molecule has 0 aromatic heterocycles. The lowest BCUT2D eigenvalue weighted by molar-refractivity contribution is 0.0980. The molecule has 0 atom stereocenters. The summed E-state index contributed by atoms with van der Waals surface area (Å²) < 4.78 is 0.908. The van der Waals surface area contributed by atoms with E-state index < -0.39 is 0 Å². The Hall–Kier alpha value is -0.830. The number of nitrogen functional groups attached to an aromatic ring is 1. The summed E-state index contributed by atoms with van der Waals surface area (Å²) in [7, 11) is 0. The summed E-state index contributed by atoms with van der Waals surface area (Å²) in [6, 6.07) is 5.47. The van der Waals surface area contributed by atoms with Gasteiger partial charge in [0.05, 0.1) is 0 Å². The molecule has 0 saturated heterocycles. The Bertz CT molecular complexity index is 417. The Kier molecular flexibility index (Phi) is 8.59. The lowest BCUT2D eigenvalue weighted by Gasteiger charge is -2.05. The van der Waals surface area contributed by atoms with E-state index in [2.05, 4.69) is 22.9 Å². The van der Waals surface area contributed by atoms with E-state index in [0.717, 1.165) is 17.3 Å². The summed E-state index contributed by atoms with van der Waals surface area (Å²) >= 11 is 3.38. The van der Waals surface area contributed by atoms with Gasteiger partial charge >= 0.3 is 0 Å². The first-order chi connectivity index (χ1) is 9.65. The van der Waals surface area contributed by atoms with Gasteiger partial charge in [-0.3, -0.25) is 4.79 Å². The highest BCUT2D eigenvalue weighted by atomic mass is 79.9. The minimum atomic E-state index is 0.162. The van der Waals surface area contributed by atoms with Gasteiger partial charge in [0.15, 0.2) is 5.78 Å². The van der Waals surface area contributed by atoms with Crippen molar-refractivity contribution < 1.29 is 4.79 Å². The molecule has 0 radical (unpaired) electrons. The predicted molar refractivity (Wildman–Crippen MR) is 90.1 cm³/mol. The molecule has 112 valence electrons. The van der Waals surface area contributed by atoms with Crippen LogP contribution in [0.25, 0.3) is 0 Å². The lowest BCUT2D eigenvalue weighted by Crippen LogP contribution is -2.03. The number of unbranched alkanes of at least 4 members (excludes halogenated alkanes) is 7. The van der Waals surface area contributed by atoms with Gasteiger partial charge in [-0.25, -0.2) is 0 Å². The van der Waals surface area contributed by atoms with E-state index in [1.807, 2.05) is 12.1 Å². The summed E-state index contributed by atoms with van der Waals surface area (Å²) in [6.07, 6.45) is 10.6. The summed E-state index contributed by atoms with van der Waals surface area (Å²) in [5.41, 5.74) is 7.08. The second-order valence-electron chi connectivity index (χ2n) is 5.38. The van der Waals surface area contributed by atoms with Gasteiger partial charge in [-0.15, -0.1) is 0 Å². The van der Waals surface area contributed by atoms with Gasteiger partial charge in [-0.05, 0) is 24.6 Å². The number of carbonyl (C=O) groups excluding carboxylic acids is 1. The Morgan fingerprint density at radius 1 is 1.05 bits per heavy atom. The Balaban J connectivity index is 2.18. The van der Waals surface area contributed by atoms with Crippen LogP contribution in [0, 0.1) is 0 Å². The molecule has 0 fully saturated rings. The fourth-order valence-corrected chi connectivity index (χ4v) is 2.69. The van der Waals surface area contributed by atoms with Crippen LogP contribution in [0.2, 0.25) is 0 Å². The van der Waals surface area contributed by atoms with Crippen molar-refractivity contribution in [1.82, 2.24) is 0 Å². The number of rotatable bonds is 10. The second kappa shape index (κ2) is 9.98. The number of Topliss-reactive ketones (excluding diaryl/α,β-unsaturated/α-hetero) is 1. The summed E-state index contributed by atoms with van der Waals surface area (Å²) in [5, 5.41) is 0. The maximum atomic E-state index is 12.1. The third-order valence-electron chi connectivity index (χ3n) is 3.57. The zero-order valence-corrected chi connectivity index (χ0v) is 14.0. The van der Waals surface area contributed by atoms with E-state index in [0.29, 0.717) is 17.7 Å². The minimum absolute atomic E-state index is 0.162. The van der Waals surface area contributed by atoms with Gasteiger partial charge in [0.2, 0.25) is 0 Å². The molecule has 2 nitrogen and oxygen atoms in total. The fourth-order valence-electron chi connectivity index (χ4n) is 2.32. The lowest BCUT2D eigenvalue weighted by atomic mass is 10.0. The van der Waals surface area contributed by atoms with Gasteiger partial charge in [0, 0.05) is 22.1 Å². The van der Waals surface area contributed by atoms with Crippen molar-refractivity contribution in [1.29, 1.82) is 0 Å². The Labute approximate surface area is 131 Å². The molecule has 1 rings (SSSR count). The first-order valence-corrected chi connectivity index (χ1v) is 8.52. The van der Waals surface area contributed by atoms with Crippen LogP contribution in [0.15, 0.2) is 22.7 Å². The number of carbonyl (C=O) groups is 1. The molecule has 20 heavy (non-hydrogen) atoms. The molecule has 0 amide bonds. The highest BCUT2D eigenvalue weighted by Crippen LogP contribution is 2.21. The smallest absolute Gasteiger partial charge is 0.164 e. The van der Waals surface area contributed by atoms with E-state index in [1.165, 1.54) is 38.5 Å². The molecule has 3 heteroatoms. The zero-order valence-electron chi connectivity index (χ0n) is 12.5. The van der Waals surface area contributed by atoms with Crippen LogP contribution in [0.3, 0.4) is 0 Å². The van der Waals surface area contributed by atoms with Crippen LogP contribution >= 0.6 is 15.9 Å². The Morgan fingerprint density at radius 3 is 2.30 bits per heavy atom. The van der Waals surface area contributed by atoms with Crippen molar-refractivity contribution in [2.24, 2.45) is 0 Å². The van der Waals surface area contributed by atoms with Crippen molar-refractivity contribution in [2.75, 3.05) is 5.73 Å². The highest BCUT2D eigenvalue weighted by molar-refractivity contribution is 9.10. The topological polar surface area (TPSA) is 43.1 Å². The second-order valence-corrected chi connectivity index (χ2v) is 6.30. The maximum absolute atomic E-state index is 12.1. The molecule has 0 bridgehead atoms. The molecule has 0 spiro atoms. The number of hydrogen-bond donors (Lipinski definition) is 1. The standard InChI is InChI=1S/C17H26BrNO/c1-2-3-4-5-6-7-8-9-10-17(20)15-13-14(18)11-12-16(15)19/h11-13H,2-10,19H2,1H3. The summed E-state index contributed by atoms with van der Waals surface area (Å²) in [5.74, 6) is 0.162. The van der Waals surface area contributed by atoms with Gasteiger partial charge in [-0.1, -0.05) is 67.8 Å². The largest absolute Gasteiger partial charge is 0.398 e. The van der Waals surface area contributed by atoms with Crippen LogP contribution in [0.1, 0.15) is 75.1 Å². The third-order valence-corrected chi connectivity index (χ3v) is 4.07. The third kappa shape index (κ3) is 6.56. The van der Waals surface area contributed by atoms with Crippen molar-refractivity contribution in [3.63, 3.8) is 0 Å². The molecule has 1 aromatic carbocycles. The van der Waals surface area contributed by atoms with Crippen LogP contribution in [0.4, 0.5) is 5.69 Å². The van der Waals surface area contributed by atoms with Gasteiger partial charge in [-0.2, -0.15) is 0 Å². The van der Waals surface area contributed by atoms with Crippen LogP contribution in [-0.2, 0) is 0 Å². The number of ketones is 1. The summed E-state index contributed by atoms with van der Waals surface area (Å²) in [4.78, 5) is 12.1. The van der Waals surface area contributed by atoms with Gasteiger partial charge in [0.25, 0.3) is 0 Å². The van der Waals surface area contributed by atoms with E-state index >= 15 is 0 Å². The molecule has 0 aliphatic rings. The average Bonchev–Trinajstić information content (AvgIpc) is 2.44. The molecule has 0 heterocycles. The first kappa shape index (κ1) is 17.2. The molecule has 0 aliphatic carbocycles. The summed E-state index contributed by atoms with van der Waals surface area (Å²) in [6.45, 7) is 2.24. The molecule has 0 aliphatic heterocycles. The normalized spacial score (nSPS) is 10.7. The molecular formula is C17H26BrNO. The number of benzene rings is 1. The minimum Gasteiger partial charge on any atom is -0.398 e. The molecule has 0 unspecified atom stereocenters. The Morgan fingerprint density at radius 2 is 1.65 bits per heavy atom. The van der Waals surface area contributed by atoms with E-state index in [9.17, 15) is 4.79 Å². The zero-order chi connectivity index (χ0) is 14.8. The monoisotopic (exact) mass is 339 g/mol. The van der Waals surface area contributed by atoms with Gasteiger partial charge in [0.1, 0.15) is 0 Å². The van der Waals surface area contributed by atoms with Crippen LogP contribution in [0.5, 0.6) is 0 Å². The maximum Gasteiger partial charge on any atom is 0.164 e. The number of hydrogen-bond acceptors (Lipinski definition) is 2. The van der Waals surface area contributed by atoms with E-state index in [1.54, 1.807) is 6.07 Å². The number of anilines is 1. The molecule has 0 saturated carbocycles. The first-order valence-electron chi connectivity index (χ1n) is 7.73.